The second kappa shape index (κ2) is 7.74. The largest absolute Gasteiger partial charge is 0.777 e. The molecule has 0 radical (unpaired) electrons. The second-order valence-electron chi connectivity index (χ2n) is 6.03. The highest BCUT2D eigenvalue weighted by atomic mass is 35.5. The molecular formula is C17H13ClN2O7PS-. The SMILES string of the molecule is O=[N+]([O-])c1cc(Cl)cc(S(=O)(=O)N(CP(=O)([O-])O)c2cccc3ccccc23)c1. The average molecular weight is 456 g/mol. The molecule has 0 spiro atoms. The van der Waals surface area contributed by atoms with Crippen LogP contribution >= 0.6 is 19.2 Å². The average Bonchev–Trinajstić information content (AvgIpc) is 2.64. The number of hydrogen-bond acceptors (Lipinski definition) is 6. The molecular weight excluding hydrogens is 443 g/mol. The molecule has 1 unspecified atom stereocenters. The molecule has 0 aromatic heterocycles. The molecule has 3 rings (SSSR count). The van der Waals surface area contributed by atoms with Gasteiger partial charge in [-0.25, -0.2) is 8.42 Å². The minimum absolute atomic E-state index is 0.0177. The summed E-state index contributed by atoms with van der Waals surface area (Å²) in [6, 6.07) is 13.9. The molecule has 152 valence electrons. The zero-order chi connectivity index (χ0) is 21.4. The van der Waals surface area contributed by atoms with Crippen molar-refractivity contribution in [3.05, 3.63) is 75.8 Å². The Morgan fingerprint density at radius 1 is 1.10 bits per heavy atom. The normalized spacial score (nSPS) is 13.8. The fourth-order valence-electron chi connectivity index (χ4n) is 2.80. The van der Waals surface area contributed by atoms with E-state index in [1.807, 2.05) is 0 Å². The Morgan fingerprint density at radius 2 is 1.76 bits per heavy atom. The Morgan fingerprint density at radius 3 is 2.41 bits per heavy atom. The van der Waals surface area contributed by atoms with Crippen LogP contribution in [0.2, 0.25) is 5.02 Å². The minimum Gasteiger partial charge on any atom is -0.777 e. The van der Waals surface area contributed by atoms with E-state index < -0.39 is 39.4 Å². The van der Waals surface area contributed by atoms with Gasteiger partial charge in [-0.15, -0.1) is 0 Å². The molecule has 0 fully saturated rings. The summed E-state index contributed by atoms with van der Waals surface area (Å²) < 4.78 is 38.6. The number of anilines is 1. The molecule has 1 N–H and O–H groups in total. The smallest absolute Gasteiger partial charge is 0.272 e. The van der Waals surface area contributed by atoms with Gasteiger partial charge in [0.2, 0.25) is 0 Å². The number of fused-ring (bicyclic) bond motifs is 1. The molecule has 1 atom stereocenters. The Labute approximate surface area is 170 Å². The molecule has 9 nitrogen and oxygen atoms in total. The lowest BCUT2D eigenvalue weighted by atomic mass is 10.1. The van der Waals surface area contributed by atoms with Gasteiger partial charge in [0.15, 0.2) is 7.60 Å². The highest BCUT2D eigenvalue weighted by Gasteiger charge is 2.30. The molecule has 0 heterocycles. The maximum Gasteiger partial charge on any atom is 0.272 e. The van der Waals surface area contributed by atoms with E-state index in [4.69, 9.17) is 11.6 Å². The van der Waals surface area contributed by atoms with Gasteiger partial charge in [0.1, 0.15) is 0 Å². The van der Waals surface area contributed by atoms with Gasteiger partial charge in [-0.1, -0.05) is 48.0 Å². The van der Waals surface area contributed by atoms with Crippen molar-refractivity contribution in [3.63, 3.8) is 0 Å². The van der Waals surface area contributed by atoms with Crippen LogP contribution in [0.3, 0.4) is 0 Å². The van der Waals surface area contributed by atoms with Crippen LogP contribution in [0.1, 0.15) is 0 Å². The third kappa shape index (κ3) is 4.58. The third-order valence-corrected chi connectivity index (χ3v) is 6.78. The van der Waals surface area contributed by atoms with E-state index in [0.717, 1.165) is 18.2 Å². The summed E-state index contributed by atoms with van der Waals surface area (Å²) in [5.74, 6) is 0. The van der Waals surface area contributed by atoms with Crippen molar-refractivity contribution in [1.29, 1.82) is 0 Å². The van der Waals surface area contributed by atoms with Gasteiger partial charge in [0.25, 0.3) is 15.7 Å². The first kappa shape index (κ1) is 21.2. The number of sulfonamides is 1. The lowest BCUT2D eigenvalue weighted by Crippen LogP contribution is -2.34. The molecule has 3 aromatic carbocycles. The number of hydrogen-bond donors (Lipinski definition) is 1. The van der Waals surface area contributed by atoms with Crippen LogP contribution in [-0.2, 0) is 14.6 Å². The van der Waals surface area contributed by atoms with Crippen LogP contribution in [0.15, 0.2) is 65.6 Å². The molecule has 29 heavy (non-hydrogen) atoms. The summed E-state index contributed by atoms with van der Waals surface area (Å²) in [6.45, 7) is 0. The van der Waals surface area contributed by atoms with Crippen molar-refractivity contribution < 1.29 is 27.7 Å². The standard InChI is InChI=1S/C17H14ClN2O7PS/c18-13-8-14(20(21)22)10-15(9-13)29(26,27)19(11-28(23,24)25)17-7-3-5-12-4-1-2-6-16(12)17/h1-10H,11H2,(H2,23,24,25)/p-1. The van der Waals surface area contributed by atoms with Crippen LogP contribution in [0.5, 0.6) is 0 Å². The van der Waals surface area contributed by atoms with E-state index in [1.54, 1.807) is 30.3 Å². The van der Waals surface area contributed by atoms with Gasteiger partial charge in [-0.2, -0.15) is 0 Å². The highest BCUT2D eigenvalue weighted by Crippen LogP contribution is 2.39. The first-order valence-electron chi connectivity index (χ1n) is 7.97. The lowest BCUT2D eigenvalue weighted by molar-refractivity contribution is -0.385. The van der Waals surface area contributed by atoms with Gasteiger partial charge in [-0.05, 0) is 17.5 Å². The number of nitro benzene ring substituents is 1. The van der Waals surface area contributed by atoms with E-state index in [1.165, 1.54) is 12.1 Å². The van der Waals surface area contributed by atoms with Crippen molar-refractivity contribution in [1.82, 2.24) is 0 Å². The molecule has 0 aliphatic heterocycles. The number of non-ortho nitro benzene ring substituents is 1. The zero-order valence-corrected chi connectivity index (χ0v) is 17.0. The van der Waals surface area contributed by atoms with E-state index >= 15 is 0 Å². The summed E-state index contributed by atoms with van der Waals surface area (Å²) >= 11 is 5.83. The van der Waals surface area contributed by atoms with Crippen molar-refractivity contribution >= 4 is 51.4 Å². The summed E-state index contributed by atoms with van der Waals surface area (Å²) in [7, 11) is -9.74. The second-order valence-corrected chi connectivity index (χ2v) is 9.89. The number of benzene rings is 3. The fourth-order valence-corrected chi connectivity index (χ4v) is 5.83. The Balaban J connectivity index is 2.27. The van der Waals surface area contributed by atoms with Gasteiger partial charge < -0.3 is 14.4 Å². The van der Waals surface area contributed by atoms with Crippen LogP contribution in [0.4, 0.5) is 11.4 Å². The first-order chi connectivity index (χ1) is 13.5. The van der Waals surface area contributed by atoms with Crippen LogP contribution in [0, 0.1) is 10.1 Å². The van der Waals surface area contributed by atoms with Crippen molar-refractivity contribution in [2.75, 3.05) is 10.6 Å². The quantitative estimate of drug-likeness (QED) is 0.342. The number of nitrogens with zero attached hydrogens (tertiary/aromatic N) is 2. The molecule has 3 aromatic rings. The summed E-state index contributed by atoms with van der Waals surface area (Å²) in [4.78, 5) is 30.7. The van der Waals surface area contributed by atoms with E-state index in [0.29, 0.717) is 15.1 Å². The number of rotatable bonds is 6. The molecule has 0 aliphatic carbocycles. The van der Waals surface area contributed by atoms with E-state index in [9.17, 15) is 32.9 Å². The maximum absolute atomic E-state index is 13.3. The van der Waals surface area contributed by atoms with Crippen LogP contribution in [0.25, 0.3) is 10.8 Å². The first-order valence-corrected chi connectivity index (χ1v) is 11.6. The molecule has 0 saturated heterocycles. The predicted molar refractivity (Wildman–Crippen MR) is 106 cm³/mol. The van der Waals surface area contributed by atoms with Crippen molar-refractivity contribution in [2.24, 2.45) is 0 Å². The van der Waals surface area contributed by atoms with Crippen LogP contribution in [-0.4, -0.2) is 24.5 Å². The van der Waals surface area contributed by atoms with Gasteiger partial charge >= 0.3 is 0 Å². The summed E-state index contributed by atoms with van der Waals surface area (Å²) in [5.41, 5.74) is -0.598. The van der Waals surface area contributed by atoms with E-state index in [-0.39, 0.29) is 10.7 Å². The lowest BCUT2D eigenvalue weighted by Gasteiger charge is -2.29. The van der Waals surface area contributed by atoms with E-state index in [2.05, 4.69) is 0 Å². The highest BCUT2D eigenvalue weighted by molar-refractivity contribution is 7.93. The van der Waals surface area contributed by atoms with Gasteiger partial charge in [-0.3, -0.25) is 14.4 Å². The Hall–Kier alpha value is -2.49. The Bertz CT molecular complexity index is 1250. The van der Waals surface area contributed by atoms with Gasteiger partial charge in [0, 0.05) is 22.5 Å². The van der Waals surface area contributed by atoms with Crippen LogP contribution < -0.4 is 9.20 Å². The fraction of sp³-hybridized carbons (Fsp3) is 0.0588. The molecule has 0 aliphatic rings. The number of nitro groups is 1. The van der Waals surface area contributed by atoms with Crippen molar-refractivity contribution in [2.45, 2.75) is 4.90 Å². The molecule has 0 saturated carbocycles. The Kier molecular flexibility index (Phi) is 5.66. The summed E-state index contributed by atoms with van der Waals surface area (Å²) in [6.07, 6.45) is -1.26. The third-order valence-electron chi connectivity index (χ3n) is 4.00. The monoisotopic (exact) mass is 455 g/mol. The van der Waals surface area contributed by atoms with Crippen molar-refractivity contribution in [3.8, 4) is 0 Å². The topological polar surface area (TPSA) is 141 Å². The number of halogens is 1. The van der Waals surface area contributed by atoms with Gasteiger partial charge in [0.05, 0.1) is 21.8 Å². The summed E-state index contributed by atoms with van der Waals surface area (Å²) in [5, 5.41) is 11.9. The maximum atomic E-state index is 13.3. The minimum atomic E-state index is -5.10. The molecule has 0 amide bonds. The molecule has 0 bridgehead atoms. The zero-order valence-electron chi connectivity index (χ0n) is 14.5. The molecule has 12 heteroatoms. The predicted octanol–water partition coefficient (Wildman–Crippen LogP) is 3.10.